The van der Waals surface area contributed by atoms with Crippen molar-refractivity contribution in [2.24, 2.45) is 0 Å². The maximum Gasteiger partial charge on any atom is 0.150 e. The maximum atomic E-state index is 10.7. The van der Waals surface area contributed by atoms with Crippen molar-refractivity contribution in [1.82, 2.24) is 4.98 Å². The van der Waals surface area contributed by atoms with Gasteiger partial charge >= 0.3 is 0 Å². The van der Waals surface area contributed by atoms with E-state index in [2.05, 4.69) is 4.98 Å². The highest BCUT2D eigenvalue weighted by atomic mass is 35.5. The summed E-state index contributed by atoms with van der Waals surface area (Å²) in [5, 5.41) is 0.482. The van der Waals surface area contributed by atoms with E-state index in [1.54, 1.807) is 30.5 Å². The van der Waals surface area contributed by atoms with Crippen LogP contribution in [0.3, 0.4) is 0 Å². The summed E-state index contributed by atoms with van der Waals surface area (Å²) < 4.78 is 0. The molecule has 2 rings (SSSR count). The van der Waals surface area contributed by atoms with Crippen molar-refractivity contribution < 1.29 is 4.79 Å². The van der Waals surface area contributed by atoms with E-state index in [4.69, 9.17) is 17.3 Å². The predicted octanol–water partition coefficient (Wildman–Crippen LogP) is 2.80. The molecule has 0 spiro atoms. The molecule has 16 heavy (non-hydrogen) atoms. The van der Waals surface area contributed by atoms with E-state index < -0.39 is 0 Å². The minimum absolute atomic E-state index is 0.472. The molecule has 1 aromatic carbocycles. The standard InChI is InChI=1S/C12H9ClN2O/c13-10-3-1-2-9(12(10)14)11-6-8(7-16)4-5-15-11/h1-7H,14H2. The van der Waals surface area contributed by atoms with Crippen molar-refractivity contribution in [3.8, 4) is 11.3 Å². The van der Waals surface area contributed by atoms with E-state index in [9.17, 15) is 4.79 Å². The summed E-state index contributed by atoms with van der Waals surface area (Å²) in [6, 6.07) is 8.64. The van der Waals surface area contributed by atoms with Gasteiger partial charge in [-0.2, -0.15) is 0 Å². The van der Waals surface area contributed by atoms with Gasteiger partial charge < -0.3 is 5.73 Å². The summed E-state index contributed by atoms with van der Waals surface area (Å²) in [7, 11) is 0. The molecule has 1 heterocycles. The number of nitrogens with two attached hydrogens (primary N) is 1. The van der Waals surface area contributed by atoms with Gasteiger partial charge in [0.15, 0.2) is 0 Å². The molecule has 80 valence electrons. The van der Waals surface area contributed by atoms with E-state index in [1.807, 2.05) is 6.07 Å². The average Bonchev–Trinajstić information content (AvgIpc) is 2.33. The largest absolute Gasteiger partial charge is 0.397 e. The molecule has 0 radical (unpaired) electrons. The van der Waals surface area contributed by atoms with Crippen LogP contribution in [0.25, 0.3) is 11.3 Å². The van der Waals surface area contributed by atoms with Crippen LogP contribution in [0.2, 0.25) is 5.02 Å². The Morgan fingerprint density at radius 1 is 1.31 bits per heavy atom. The summed E-state index contributed by atoms with van der Waals surface area (Å²) in [5.74, 6) is 0. The Labute approximate surface area is 97.9 Å². The van der Waals surface area contributed by atoms with Crippen molar-refractivity contribution in [2.45, 2.75) is 0 Å². The fourth-order valence-corrected chi connectivity index (χ4v) is 1.60. The molecule has 2 aromatic rings. The molecule has 0 aliphatic carbocycles. The van der Waals surface area contributed by atoms with Gasteiger partial charge in [0, 0.05) is 17.3 Å². The molecule has 1 aromatic heterocycles. The van der Waals surface area contributed by atoms with Crippen molar-refractivity contribution in [3.05, 3.63) is 47.1 Å². The van der Waals surface area contributed by atoms with Crippen molar-refractivity contribution in [3.63, 3.8) is 0 Å². The van der Waals surface area contributed by atoms with Gasteiger partial charge in [-0.15, -0.1) is 0 Å². The molecule has 0 atom stereocenters. The second-order valence-corrected chi connectivity index (χ2v) is 3.70. The van der Waals surface area contributed by atoms with Gasteiger partial charge in [-0.25, -0.2) is 0 Å². The summed E-state index contributed by atoms with van der Waals surface area (Å²) in [4.78, 5) is 14.8. The quantitative estimate of drug-likeness (QED) is 0.640. The molecular formula is C12H9ClN2O. The molecule has 4 heteroatoms. The van der Waals surface area contributed by atoms with Crippen LogP contribution in [0.4, 0.5) is 5.69 Å². The Morgan fingerprint density at radius 2 is 2.12 bits per heavy atom. The minimum atomic E-state index is 0.472. The number of hydrogen-bond acceptors (Lipinski definition) is 3. The highest BCUT2D eigenvalue weighted by Gasteiger charge is 2.07. The summed E-state index contributed by atoms with van der Waals surface area (Å²) in [6.07, 6.45) is 2.34. The second-order valence-electron chi connectivity index (χ2n) is 3.29. The van der Waals surface area contributed by atoms with Crippen LogP contribution in [-0.4, -0.2) is 11.3 Å². The maximum absolute atomic E-state index is 10.7. The van der Waals surface area contributed by atoms with Gasteiger partial charge in [-0.3, -0.25) is 9.78 Å². The fourth-order valence-electron chi connectivity index (χ4n) is 1.43. The third-order valence-corrected chi connectivity index (χ3v) is 2.58. The Hall–Kier alpha value is -1.87. The molecule has 0 aliphatic heterocycles. The topological polar surface area (TPSA) is 56.0 Å². The number of carbonyl (C=O) groups excluding carboxylic acids is 1. The fraction of sp³-hybridized carbons (Fsp3) is 0. The van der Waals surface area contributed by atoms with Crippen molar-refractivity contribution >= 4 is 23.6 Å². The summed E-state index contributed by atoms with van der Waals surface area (Å²) in [5.41, 5.74) is 8.25. The lowest BCUT2D eigenvalue weighted by Crippen LogP contribution is -1.93. The van der Waals surface area contributed by atoms with Gasteiger partial charge in [0.05, 0.1) is 16.4 Å². The molecule has 0 saturated carbocycles. The first-order chi connectivity index (χ1) is 7.72. The smallest absolute Gasteiger partial charge is 0.150 e. The van der Waals surface area contributed by atoms with Gasteiger partial charge in [0.25, 0.3) is 0 Å². The van der Waals surface area contributed by atoms with Crippen LogP contribution in [0.5, 0.6) is 0 Å². The van der Waals surface area contributed by atoms with Gasteiger partial charge in [-0.1, -0.05) is 23.7 Å². The third kappa shape index (κ3) is 1.90. The number of rotatable bonds is 2. The third-order valence-electron chi connectivity index (χ3n) is 2.25. The Morgan fingerprint density at radius 3 is 2.88 bits per heavy atom. The molecule has 2 N–H and O–H groups in total. The molecule has 3 nitrogen and oxygen atoms in total. The molecule has 0 saturated heterocycles. The predicted molar refractivity (Wildman–Crippen MR) is 64.5 cm³/mol. The molecular weight excluding hydrogens is 224 g/mol. The highest BCUT2D eigenvalue weighted by Crippen LogP contribution is 2.30. The van der Waals surface area contributed by atoms with Gasteiger partial charge in [0.1, 0.15) is 6.29 Å². The summed E-state index contributed by atoms with van der Waals surface area (Å²) in [6.45, 7) is 0. The molecule has 0 fully saturated rings. The average molecular weight is 233 g/mol. The Bertz CT molecular complexity index is 540. The normalized spacial score (nSPS) is 10.1. The van der Waals surface area contributed by atoms with Crippen LogP contribution in [0.15, 0.2) is 36.5 Å². The highest BCUT2D eigenvalue weighted by molar-refractivity contribution is 6.33. The molecule has 0 bridgehead atoms. The van der Waals surface area contributed by atoms with Crippen molar-refractivity contribution in [1.29, 1.82) is 0 Å². The monoisotopic (exact) mass is 232 g/mol. The number of anilines is 1. The van der Waals surface area contributed by atoms with E-state index in [0.29, 0.717) is 22.0 Å². The minimum Gasteiger partial charge on any atom is -0.397 e. The molecule has 0 amide bonds. The van der Waals surface area contributed by atoms with Gasteiger partial charge in [0.2, 0.25) is 0 Å². The number of halogens is 1. The zero-order valence-corrected chi connectivity index (χ0v) is 9.11. The van der Waals surface area contributed by atoms with Crippen LogP contribution in [-0.2, 0) is 0 Å². The lowest BCUT2D eigenvalue weighted by Gasteiger charge is -2.06. The SMILES string of the molecule is Nc1c(Cl)cccc1-c1cc(C=O)ccn1. The number of pyridine rings is 1. The number of para-hydroxylation sites is 1. The number of hydrogen-bond donors (Lipinski definition) is 1. The van der Waals surface area contributed by atoms with Crippen LogP contribution >= 0.6 is 11.6 Å². The summed E-state index contributed by atoms with van der Waals surface area (Å²) >= 11 is 5.92. The zero-order chi connectivity index (χ0) is 11.5. The first kappa shape index (κ1) is 10.6. The second kappa shape index (κ2) is 4.33. The molecule has 0 aliphatic rings. The number of nitrogens with zero attached hydrogens (tertiary/aromatic N) is 1. The number of aromatic nitrogens is 1. The first-order valence-electron chi connectivity index (χ1n) is 4.68. The van der Waals surface area contributed by atoms with E-state index >= 15 is 0 Å². The van der Waals surface area contributed by atoms with Gasteiger partial charge in [-0.05, 0) is 18.2 Å². The van der Waals surface area contributed by atoms with E-state index in [-0.39, 0.29) is 0 Å². The van der Waals surface area contributed by atoms with E-state index in [1.165, 1.54) is 0 Å². The first-order valence-corrected chi connectivity index (χ1v) is 5.06. The van der Waals surface area contributed by atoms with Crippen molar-refractivity contribution in [2.75, 3.05) is 5.73 Å². The number of carbonyl (C=O) groups is 1. The zero-order valence-electron chi connectivity index (χ0n) is 8.35. The number of benzene rings is 1. The van der Waals surface area contributed by atoms with Crippen LogP contribution < -0.4 is 5.73 Å². The van der Waals surface area contributed by atoms with Crippen LogP contribution in [0.1, 0.15) is 10.4 Å². The lowest BCUT2D eigenvalue weighted by atomic mass is 10.1. The Balaban J connectivity index is 2.58. The van der Waals surface area contributed by atoms with E-state index in [0.717, 1.165) is 11.8 Å². The number of nitrogen functional groups attached to an aromatic ring is 1. The Kier molecular flexibility index (Phi) is 2.88. The van der Waals surface area contributed by atoms with Crippen LogP contribution in [0, 0.1) is 0 Å². The number of aldehydes is 1. The lowest BCUT2D eigenvalue weighted by molar-refractivity contribution is 0.112. The molecule has 0 unspecified atom stereocenters.